The van der Waals surface area contributed by atoms with Gasteiger partial charge in [-0.25, -0.2) is 0 Å². The first kappa shape index (κ1) is 11.4. The molecule has 2 heteroatoms. The maximum atomic E-state index is 9.41. The van der Waals surface area contributed by atoms with Crippen LogP contribution in [0.25, 0.3) is 10.9 Å². The van der Waals surface area contributed by atoms with Crippen molar-refractivity contribution in [3.63, 3.8) is 0 Å². The van der Waals surface area contributed by atoms with Gasteiger partial charge >= 0.3 is 0 Å². The van der Waals surface area contributed by atoms with E-state index >= 15 is 0 Å². The Bertz CT molecular complexity index is 742. The minimum absolute atomic E-state index is 0.314. The number of hydrogen-bond acceptors (Lipinski definition) is 2. The van der Waals surface area contributed by atoms with Crippen molar-refractivity contribution >= 4 is 10.9 Å². The summed E-state index contributed by atoms with van der Waals surface area (Å²) in [5.74, 6) is -0.314. The molecule has 0 aliphatic rings. The zero-order chi connectivity index (χ0) is 13.1. The van der Waals surface area contributed by atoms with Crippen LogP contribution in [-0.2, 0) is 0 Å². The van der Waals surface area contributed by atoms with Gasteiger partial charge in [-0.2, -0.15) is 5.26 Å². The van der Waals surface area contributed by atoms with Gasteiger partial charge in [-0.15, -0.1) is 0 Å². The lowest BCUT2D eigenvalue weighted by Gasteiger charge is -2.09. The fraction of sp³-hybridized carbons (Fsp3) is 0.0588. The van der Waals surface area contributed by atoms with Gasteiger partial charge in [-0.1, -0.05) is 54.6 Å². The van der Waals surface area contributed by atoms with Crippen molar-refractivity contribution in [3.05, 3.63) is 78.0 Å². The van der Waals surface area contributed by atoms with Crippen molar-refractivity contribution in [1.82, 2.24) is 4.98 Å². The molecule has 1 heterocycles. The smallest absolute Gasteiger partial charge is 0.113 e. The maximum absolute atomic E-state index is 9.41. The Balaban J connectivity index is 2.10. The van der Waals surface area contributed by atoms with Crippen LogP contribution >= 0.6 is 0 Å². The minimum Gasteiger partial charge on any atom is -0.251 e. The van der Waals surface area contributed by atoms with Crippen LogP contribution in [-0.4, -0.2) is 4.98 Å². The van der Waals surface area contributed by atoms with E-state index in [9.17, 15) is 5.26 Å². The first-order valence-corrected chi connectivity index (χ1v) is 6.19. The third-order valence-corrected chi connectivity index (χ3v) is 3.18. The predicted octanol–water partition coefficient (Wildman–Crippen LogP) is 3.89. The summed E-state index contributed by atoms with van der Waals surface area (Å²) in [6.45, 7) is 0. The Morgan fingerprint density at radius 2 is 1.58 bits per heavy atom. The number of benzene rings is 2. The molecule has 0 aliphatic carbocycles. The van der Waals surface area contributed by atoms with E-state index in [4.69, 9.17) is 0 Å². The number of aromatic nitrogens is 1. The highest BCUT2D eigenvalue weighted by molar-refractivity contribution is 5.78. The Kier molecular flexibility index (Phi) is 2.96. The molecule has 2 aromatic carbocycles. The zero-order valence-corrected chi connectivity index (χ0v) is 10.3. The zero-order valence-electron chi connectivity index (χ0n) is 10.3. The number of nitriles is 1. The van der Waals surface area contributed by atoms with Crippen LogP contribution in [0.2, 0.25) is 0 Å². The molecule has 0 amide bonds. The first-order chi connectivity index (χ1) is 9.38. The second-order valence-corrected chi connectivity index (χ2v) is 4.40. The highest BCUT2D eigenvalue weighted by Gasteiger charge is 2.14. The largest absolute Gasteiger partial charge is 0.251 e. The van der Waals surface area contributed by atoms with Gasteiger partial charge in [-0.3, -0.25) is 4.98 Å². The molecule has 3 aromatic rings. The van der Waals surface area contributed by atoms with Crippen LogP contribution in [0.3, 0.4) is 0 Å². The second kappa shape index (κ2) is 4.91. The van der Waals surface area contributed by atoms with Crippen LogP contribution < -0.4 is 0 Å². The lowest BCUT2D eigenvalue weighted by atomic mass is 9.96. The predicted molar refractivity (Wildman–Crippen MR) is 75.6 cm³/mol. The first-order valence-electron chi connectivity index (χ1n) is 6.19. The summed E-state index contributed by atoms with van der Waals surface area (Å²) in [6, 6.07) is 24.0. The number of para-hydroxylation sites is 1. The molecule has 1 unspecified atom stereocenters. The Morgan fingerprint density at radius 3 is 2.37 bits per heavy atom. The van der Waals surface area contributed by atoms with Gasteiger partial charge < -0.3 is 0 Å². The van der Waals surface area contributed by atoms with Crippen LogP contribution in [0.5, 0.6) is 0 Å². The van der Waals surface area contributed by atoms with E-state index in [-0.39, 0.29) is 5.92 Å². The van der Waals surface area contributed by atoms with E-state index in [0.717, 1.165) is 22.2 Å². The molecule has 0 spiro atoms. The third kappa shape index (κ3) is 2.19. The quantitative estimate of drug-likeness (QED) is 0.685. The van der Waals surface area contributed by atoms with E-state index in [0.29, 0.717) is 0 Å². The van der Waals surface area contributed by atoms with Crippen molar-refractivity contribution < 1.29 is 0 Å². The molecular formula is C17H12N2. The van der Waals surface area contributed by atoms with Gasteiger partial charge in [0.2, 0.25) is 0 Å². The molecule has 19 heavy (non-hydrogen) atoms. The normalized spacial score (nSPS) is 11.9. The summed E-state index contributed by atoms with van der Waals surface area (Å²) in [4.78, 5) is 4.60. The molecular weight excluding hydrogens is 232 g/mol. The average Bonchev–Trinajstić information content (AvgIpc) is 2.49. The van der Waals surface area contributed by atoms with Gasteiger partial charge in [0.25, 0.3) is 0 Å². The number of pyridine rings is 1. The molecule has 1 aromatic heterocycles. The van der Waals surface area contributed by atoms with E-state index in [2.05, 4.69) is 11.1 Å². The SMILES string of the molecule is N#CC(c1ccccc1)c1ccc2ccccc2n1. The summed E-state index contributed by atoms with van der Waals surface area (Å²) in [5.41, 5.74) is 2.70. The molecule has 0 aliphatic heterocycles. The van der Waals surface area contributed by atoms with E-state index in [1.54, 1.807) is 0 Å². The van der Waals surface area contributed by atoms with Crippen LogP contribution in [0.1, 0.15) is 17.2 Å². The van der Waals surface area contributed by atoms with Gasteiger partial charge in [-0.05, 0) is 17.7 Å². The van der Waals surface area contributed by atoms with E-state index in [1.165, 1.54) is 0 Å². The topological polar surface area (TPSA) is 36.7 Å². The molecule has 90 valence electrons. The highest BCUT2D eigenvalue weighted by atomic mass is 14.7. The van der Waals surface area contributed by atoms with Crippen molar-refractivity contribution in [1.29, 1.82) is 5.26 Å². The summed E-state index contributed by atoms with van der Waals surface area (Å²) in [7, 11) is 0. The third-order valence-electron chi connectivity index (χ3n) is 3.18. The second-order valence-electron chi connectivity index (χ2n) is 4.40. The number of hydrogen-bond donors (Lipinski definition) is 0. The number of nitrogens with zero attached hydrogens (tertiary/aromatic N) is 2. The monoisotopic (exact) mass is 244 g/mol. The van der Waals surface area contributed by atoms with E-state index < -0.39 is 0 Å². The molecule has 0 saturated carbocycles. The van der Waals surface area contributed by atoms with Crippen molar-refractivity contribution in [2.24, 2.45) is 0 Å². The van der Waals surface area contributed by atoms with Gasteiger partial charge in [0.15, 0.2) is 0 Å². The van der Waals surface area contributed by atoms with Crippen molar-refractivity contribution in [2.75, 3.05) is 0 Å². The number of rotatable bonds is 2. The fourth-order valence-electron chi connectivity index (χ4n) is 2.20. The van der Waals surface area contributed by atoms with E-state index in [1.807, 2.05) is 66.7 Å². The average molecular weight is 244 g/mol. The molecule has 0 fully saturated rings. The van der Waals surface area contributed by atoms with Crippen LogP contribution in [0.15, 0.2) is 66.7 Å². The van der Waals surface area contributed by atoms with Crippen LogP contribution in [0, 0.1) is 11.3 Å². The lowest BCUT2D eigenvalue weighted by Crippen LogP contribution is -2.00. The van der Waals surface area contributed by atoms with Crippen molar-refractivity contribution in [3.8, 4) is 6.07 Å². The van der Waals surface area contributed by atoms with Crippen LogP contribution in [0.4, 0.5) is 0 Å². The maximum Gasteiger partial charge on any atom is 0.113 e. The van der Waals surface area contributed by atoms with Gasteiger partial charge in [0.1, 0.15) is 5.92 Å². The fourth-order valence-corrected chi connectivity index (χ4v) is 2.20. The summed E-state index contributed by atoms with van der Waals surface area (Å²) in [6.07, 6.45) is 0. The molecule has 0 N–H and O–H groups in total. The summed E-state index contributed by atoms with van der Waals surface area (Å²) in [5, 5.41) is 10.5. The molecule has 1 atom stereocenters. The van der Waals surface area contributed by atoms with Gasteiger partial charge in [0, 0.05) is 5.39 Å². The summed E-state index contributed by atoms with van der Waals surface area (Å²) >= 11 is 0. The standard InChI is InChI=1S/C17H12N2/c18-12-15(13-6-2-1-3-7-13)17-11-10-14-8-4-5-9-16(14)19-17/h1-11,15H. The minimum atomic E-state index is -0.314. The molecule has 3 rings (SSSR count). The highest BCUT2D eigenvalue weighted by Crippen LogP contribution is 2.24. The molecule has 2 nitrogen and oxygen atoms in total. The lowest BCUT2D eigenvalue weighted by molar-refractivity contribution is 0.980. The Morgan fingerprint density at radius 1 is 0.842 bits per heavy atom. The Labute approximate surface area is 112 Å². The summed E-state index contributed by atoms with van der Waals surface area (Å²) < 4.78 is 0. The Hall–Kier alpha value is -2.66. The van der Waals surface area contributed by atoms with Gasteiger partial charge in [0.05, 0.1) is 17.3 Å². The molecule has 0 saturated heterocycles. The molecule has 0 bridgehead atoms. The number of fused-ring (bicyclic) bond motifs is 1. The molecule has 0 radical (unpaired) electrons. The van der Waals surface area contributed by atoms with Crippen molar-refractivity contribution in [2.45, 2.75) is 5.92 Å².